The molecule has 1 aromatic carbocycles. The normalized spacial score (nSPS) is 11.6. The Bertz CT molecular complexity index is 790. The quantitative estimate of drug-likeness (QED) is 0.459. The van der Waals surface area contributed by atoms with Gasteiger partial charge in [0.05, 0.1) is 11.2 Å². The first kappa shape index (κ1) is 21.9. The third kappa shape index (κ3) is 6.98. The fourth-order valence-electron chi connectivity index (χ4n) is 3.20. The number of aldehydes is 1. The fraction of sp³-hybridized carbons (Fsp3) is 0.591. The van der Waals surface area contributed by atoms with E-state index in [4.69, 9.17) is 4.74 Å². The molecule has 1 heterocycles. The molecule has 6 nitrogen and oxygen atoms in total. The number of aryl methyl sites for hydroxylation is 2. The van der Waals surface area contributed by atoms with Crippen molar-refractivity contribution in [2.75, 3.05) is 6.54 Å². The number of carbonyl (C=O) groups excluding carboxylic acids is 2. The van der Waals surface area contributed by atoms with Gasteiger partial charge in [-0.1, -0.05) is 37.8 Å². The standard InChI is InChI=1S/C22H33N3O3/c1-17-19-12-11-18(16-26)15-20(19)25(24-17)14-10-8-6-5-7-9-13-23-21(27)28-22(2,3)4/h11-12,15-16H,5-10,13-14H2,1-4H3,(H,23,27). The van der Waals surface area contributed by atoms with Crippen LogP contribution in [0.15, 0.2) is 18.2 Å². The lowest BCUT2D eigenvalue weighted by atomic mass is 10.1. The van der Waals surface area contributed by atoms with Gasteiger partial charge in [-0.15, -0.1) is 0 Å². The van der Waals surface area contributed by atoms with Gasteiger partial charge in [0, 0.05) is 24.0 Å². The molecule has 2 aromatic rings. The van der Waals surface area contributed by atoms with Crippen molar-refractivity contribution in [2.45, 2.75) is 78.4 Å². The summed E-state index contributed by atoms with van der Waals surface area (Å²) in [6.45, 7) is 9.12. The highest BCUT2D eigenvalue weighted by molar-refractivity contribution is 5.88. The number of rotatable bonds is 10. The summed E-state index contributed by atoms with van der Waals surface area (Å²) in [5, 5.41) is 8.52. The van der Waals surface area contributed by atoms with Crippen LogP contribution in [0, 0.1) is 6.92 Å². The van der Waals surface area contributed by atoms with E-state index >= 15 is 0 Å². The highest BCUT2D eigenvalue weighted by atomic mass is 16.6. The zero-order valence-corrected chi connectivity index (χ0v) is 17.6. The number of unbranched alkanes of at least 4 members (excludes halogenated alkanes) is 5. The van der Waals surface area contributed by atoms with Crippen LogP contribution in [0.3, 0.4) is 0 Å². The molecule has 154 valence electrons. The van der Waals surface area contributed by atoms with Crippen molar-refractivity contribution in [3.63, 3.8) is 0 Å². The van der Waals surface area contributed by atoms with Gasteiger partial charge in [0.15, 0.2) is 0 Å². The summed E-state index contributed by atoms with van der Waals surface area (Å²) in [6.07, 6.45) is 7.15. The molecule has 0 fully saturated rings. The molecule has 0 atom stereocenters. The maximum Gasteiger partial charge on any atom is 0.407 e. The number of nitrogens with one attached hydrogen (secondary N) is 1. The summed E-state index contributed by atoms with van der Waals surface area (Å²) in [7, 11) is 0. The van der Waals surface area contributed by atoms with E-state index in [2.05, 4.69) is 10.4 Å². The van der Waals surface area contributed by atoms with Crippen LogP contribution in [0.5, 0.6) is 0 Å². The number of hydrogen-bond donors (Lipinski definition) is 1. The zero-order chi connectivity index (χ0) is 20.6. The van der Waals surface area contributed by atoms with E-state index in [1.54, 1.807) is 0 Å². The van der Waals surface area contributed by atoms with Crippen molar-refractivity contribution in [3.8, 4) is 0 Å². The van der Waals surface area contributed by atoms with Crippen LogP contribution in [-0.2, 0) is 11.3 Å². The lowest BCUT2D eigenvalue weighted by Crippen LogP contribution is -2.32. The molecule has 6 heteroatoms. The van der Waals surface area contributed by atoms with Gasteiger partial charge in [-0.25, -0.2) is 4.79 Å². The van der Waals surface area contributed by atoms with E-state index in [1.165, 1.54) is 6.42 Å². The van der Waals surface area contributed by atoms with Crippen LogP contribution < -0.4 is 5.32 Å². The summed E-state index contributed by atoms with van der Waals surface area (Å²) in [6, 6.07) is 5.73. The predicted molar refractivity (Wildman–Crippen MR) is 112 cm³/mol. The van der Waals surface area contributed by atoms with E-state index in [0.717, 1.165) is 61.5 Å². The van der Waals surface area contributed by atoms with Crippen molar-refractivity contribution >= 4 is 23.3 Å². The Morgan fingerprint density at radius 3 is 2.50 bits per heavy atom. The molecule has 0 bridgehead atoms. The average Bonchev–Trinajstić information content (AvgIpc) is 2.94. The molecule has 0 aliphatic heterocycles. The second kappa shape index (κ2) is 10.2. The first-order valence-corrected chi connectivity index (χ1v) is 10.2. The molecule has 1 amide bonds. The second-order valence-electron chi connectivity index (χ2n) is 8.25. The van der Waals surface area contributed by atoms with E-state index in [1.807, 2.05) is 50.6 Å². The Kier molecular flexibility index (Phi) is 8.03. The minimum atomic E-state index is -0.447. The molecule has 0 radical (unpaired) electrons. The molecule has 0 aliphatic carbocycles. The van der Waals surface area contributed by atoms with E-state index < -0.39 is 5.60 Å². The van der Waals surface area contributed by atoms with Gasteiger partial charge >= 0.3 is 6.09 Å². The first-order chi connectivity index (χ1) is 13.3. The topological polar surface area (TPSA) is 73.2 Å². The van der Waals surface area contributed by atoms with E-state index in [0.29, 0.717) is 12.1 Å². The maximum absolute atomic E-state index is 11.5. The summed E-state index contributed by atoms with van der Waals surface area (Å²) >= 11 is 0. The number of aromatic nitrogens is 2. The van der Waals surface area contributed by atoms with Gasteiger partial charge in [0.2, 0.25) is 0 Å². The molecular formula is C22H33N3O3. The molecule has 0 spiro atoms. The summed E-state index contributed by atoms with van der Waals surface area (Å²) in [4.78, 5) is 22.6. The average molecular weight is 388 g/mol. The van der Waals surface area contributed by atoms with Crippen LogP contribution in [-0.4, -0.2) is 34.3 Å². The lowest BCUT2D eigenvalue weighted by molar-refractivity contribution is 0.0527. The predicted octanol–water partition coefficient (Wildman–Crippen LogP) is 5.02. The Hall–Kier alpha value is -2.37. The molecule has 0 saturated heterocycles. The zero-order valence-electron chi connectivity index (χ0n) is 17.6. The SMILES string of the molecule is Cc1nn(CCCCCCCCNC(=O)OC(C)(C)C)c2cc(C=O)ccc12. The van der Waals surface area contributed by atoms with Gasteiger partial charge in [-0.2, -0.15) is 5.10 Å². The van der Waals surface area contributed by atoms with E-state index in [9.17, 15) is 9.59 Å². The van der Waals surface area contributed by atoms with Gasteiger partial charge in [0.25, 0.3) is 0 Å². The molecule has 1 N–H and O–H groups in total. The fourth-order valence-corrected chi connectivity index (χ4v) is 3.20. The number of carbonyl (C=O) groups is 2. The molecule has 1 aromatic heterocycles. The molecule has 0 unspecified atom stereocenters. The van der Waals surface area contributed by atoms with Crippen LogP contribution in [0.1, 0.15) is 75.3 Å². The van der Waals surface area contributed by atoms with Crippen molar-refractivity contribution in [3.05, 3.63) is 29.5 Å². The number of amides is 1. The van der Waals surface area contributed by atoms with Crippen LogP contribution >= 0.6 is 0 Å². The lowest BCUT2D eigenvalue weighted by Gasteiger charge is -2.19. The smallest absolute Gasteiger partial charge is 0.407 e. The van der Waals surface area contributed by atoms with Crippen LogP contribution in [0.25, 0.3) is 10.9 Å². The molecule has 28 heavy (non-hydrogen) atoms. The van der Waals surface area contributed by atoms with Gasteiger partial charge in [-0.05, 0) is 46.6 Å². The highest BCUT2D eigenvalue weighted by Gasteiger charge is 2.15. The Balaban J connectivity index is 1.61. The van der Waals surface area contributed by atoms with Gasteiger partial charge in [0.1, 0.15) is 11.9 Å². The van der Waals surface area contributed by atoms with E-state index in [-0.39, 0.29) is 6.09 Å². The number of nitrogens with zero attached hydrogens (tertiary/aromatic N) is 2. The second-order valence-corrected chi connectivity index (χ2v) is 8.25. The molecule has 2 rings (SSSR count). The molecule has 0 aliphatic rings. The number of alkyl carbamates (subject to hydrolysis) is 1. The van der Waals surface area contributed by atoms with Crippen LogP contribution in [0.4, 0.5) is 4.79 Å². The largest absolute Gasteiger partial charge is 0.444 e. The summed E-state index contributed by atoms with van der Waals surface area (Å²) in [5.74, 6) is 0. The van der Waals surface area contributed by atoms with Crippen molar-refractivity contribution in [2.24, 2.45) is 0 Å². The van der Waals surface area contributed by atoms with Crippen molar-refractivity contribution < 1.29 is 14.3 Å². The third-order valence-electron chi connectivity index (χ3n) is 4.56. The van der Waals surface area contributed by atoms with Gasteiger partial charge < -0.3 is 10.1 Å². The molecule has 0 saturated carbocycles. The Morgan fingerprint density at radius 2 is 1.82 bits per heavy atom. The van der Waals surface area contributed by atoms with Crippen LogP contribution in [0.2, 0.25) is 0 Å². The number of hydrogen-bond acceptors (Lipinski definition) is 4. The van der Waals surface area contributed by atoms with Crippen molar-refractivity contribution in [1.29, 1.82) is 0 Å². The number of benzene rings is 1. The Labute approximate surface area is 167 Å². The first-order valence-electron chi connectivity index (χ1n) is 10.2. The number of ether oxygens (including phenoxy) is 1. The number of fused-ring (bicyclic) bond motifs is 1. The third-order valence-corrected chi connectivity index (χ3v) is 4.56. The Morgan fingerprint density at radius 1 is 1.14 bits per heavy atom. The summed E-state index contributed by atoms with van der Waals surface area (Å²) < 4.78 is 7.22. The summed E-state index contributed by atoms with van der Waals surface area (Å²) in [5.41, 5.74) is 2.28. The highest BCUT2D eigenvalue weighted by Crippen LogP contribution is 2.20. The minimum absolute atomic E-state index is 0.341. The monoisotopic (exact) mass is 387 g/mol. The molecular weight excluding hydrogens is 354 g/mol. The maximum atomic E-state index is 11.5. The van der Waals surface area contributed by atoms with Crippen molar-refractivity contribution in [1.82, 2.24) is 15.1 Å². The minimum Gasteiger partial charge on any atom is -0.444 e. The van der Waals surface area contributed by atoms with Gasteiger partial charge in [-0.3, -0.25) is 9.48 Å².